The SMILES string of the molecule is N#[C][Fe-3]([C]#N)([C]#N)([C]#N)([C]#N)[C]#N.[Fe+2].[Na+]. The predicted molar refractivity (Wildman–Crippen MR) is 33.7 cm³/mol. The number of nitrogens with zero attached hydrogens (tertiary/aromatic N) is 6. The Labute approximate surface area is 118 Å². The van der Waals surface area contributed by atoms with E-state index in [9.17, 15) is 0 Å². The molecule has 6 nitrogen and oxygen atoms in total. The van der Waals surface area contributed by atoms with E-state index in [1.807, 2.05) is 0 Å². The molecular weight excluding hydrogens is 291 g/mol. The predicted octanol–water partition coefficient (Wildman–Crippen LogP) is -2.90. The van der Waals surface area contributed by atoms with E-state index >= 15 is 0 Å². The molecule has 0 aromatic heterocycles. The maximum absolute atomic E-state index is 8.58. The molecule has 0 aromatic carbocycles. The quantitative estimate of drug-likeness (QED) is 0.438. The number of hydrogen-bond acceptors (Lipinski definition) is 6. The van der Waals surface area contributed by atoms with Crippen LogP contribution in [0.2, 0.25) is 0 Å². The minimum Gasteiger partial charge on any atom is 1.00 e. The zero-order valence-electron chi connectivity index (χ0n) is 7.39. The van der Waals surface area contributed by atoms with Crippen molar-refractivity contribution in [2.24, 2.45) is 0 Å². The first-order valence-electron chi connectivity index (χ1n) is 2.40. The summed E-state index contributed by atoms with van der Waals surface area (Å²) >= 11 is 0. The summed E-state index contributed by atoms with van der Waals surface area (Å²) < 4.78 is 0. The average molecular weight is 291 g/mol. The van der Waals surface area contributed by atoms with Gasteiger partial charge in [0.2, 0.25) is 0 Å². The second-order valence-electron chi connectivity index (χ2n) is 1.80. The molecule has 0 saturated heterocycles. The van der Waals surface area contributed by atoms with Gasteiger partial charge in [0.1, 0.15) is 0 Å². The van der Waals surface area contributed by atoms with E-state index in [0.29, 0.717) is 0 Å². The third-order valence-corrected chi connectivity index (χ3v) is 4.89. The fourth-order valence-electron chi connectivity index (χ4n) is 0.265. The molecule has 0 fully saturated rings. The monoisotopic (exact) mass is 291 g/mol. The first-order valence-corrected chi connectivity index (χ1v) is 5.71. The van der Waals surface area contributed by atoms with Gasteiger partial charge in [0.15, 0.2) is 0 Å². The van der Waals surface area contributed by atoms with Gasteiger partial charge in [-0.3, -0.25) is 0 Å². The van der Waals surface area contributed by atoms with Crippen LogP contribution in [-0.2, 0) is 27.8 Å². The van der Waals surface area contributed by atoms with Gasteiger partial charge in [-0.25, -0.2) is 0 Å². The van der Waals surface area contributed by atoms with Crippen LogP contribution in [0.3, 0.4) is 0 Å². The summed E-state index contributed by atoms with van der Waals surface area (Å²) in [5.41, 5.74) is 0. The average Bonchev–Trinajstić information content (AvgIpc) is 2.26. The van der Waals surface area contributed by atoms with Crippen molar-refractivity contribution < 1.29 is 57.4 Å². The van der Waals surface area contributed by atoms with Gasteiger partial charge in [-0.05, 0) is 0 Å². The van der Waals surface area contributed by atoms with Crippen molar-refractivity contribution in [3.63, 3.8) is 0 Å². The topological polar surface area (TPSA) is 143 Å². The van der Waals surface area contributed by atoms with E-state index in [-0.39, 0.29) is 46.6 Å². The van der Waals surface area contributed by atoms with Crippen LogP contribution in [0.5, 0.6) is 0 Å². The summed E-state index contributed by atoms with van der Waals surface area (Å²) in [6.45, 7) is 0. The molecule has 15 heavy (non-hydrogen) atoms. The first-order chi connectivity index (χ1) is 5.97. The number of nitriles is 6. The van der Waals surface area contributed by atoms with Gasteiger partial charge in [0, 0.05) is 0 Å². The van der Waals surface area contributed by atoms with Crippen molar-refractivity contribution in [2.45, 2.75) is 0 Å². The van der Waals surface area contributed by atoms with Gasteiger partial charge in [0.05, 0.1) is 0 Å². The Kier molecular flexibility index (Phi) is 6.08. The van der Waals surface area contributed by atoms with Crippen LogP contribution in [0.15, 0.2) is 0 Å². The Bertz CT molecular complexity index is 395. The standard InChI is InChI=1S/6CN.2Fe.Na/c6*1-2;;;/q;;;;;;-3;+2;+1. The molecule has 0 N–H and O–H groups in total. The Hall–Kier alpha value is -1.02. The van der Waals surface area contributed by atoms with E-state index in [4.69, 9.17) is 31.6 Å². The van der Waals surface area contributed by atoms with Crippen LogP contribution in [-0.4, -0.2) is 0 Å². The summed E-state index contributed by atoms with van der Waals surface area (Å²) in [4.78, 5) is 6.19. The molecule has 0 aliphatic rings. The fourth-order valence-corrected chi connectivity index (χ4v) is 1.09. The molecule has 0 aromatic rings. The molecule has 0 saturated carbocycles. The van der Waals surface area contributed by atoms with Gasteiger partial charge in [-0.2, -0.15) is 0 Å². The van der Waals surface area contributed by atoms with Crippen LogP contribution < -0.4 is 29.6 Å². The molecule has 0 radical (unpaired) electrons. The molecule has 0 amide bonds. The minimum atomic E-state index is -6.17. The van der Waals surface area contributed by atoms with Gasteiger partial charge >= 0.3 is 119 Å². The number of hydrogen-bond donors (Lipinski definition) is 0. The second-order valence-corrected chi connectivity index (χ2v) is 7.42. The Morgan fingerprint density at radius 1 is 0.533 bits per heavy atom. The van der Waals surface area contributed by atoms with E-state index in [2.05, 4.69) is 0 Å². The van der Waals surface area contributed by atoms with Crippen LogP contribution in [0.1, 0.15) is 0 Å². The molecule has 0 bridgehead atoms. The van der Waals surface area contributed by atoms with Crippen molar-refractivity contribution in [1.29, 1.82) is 31.6 Å². The van der Waals surface area contributed by atoms with Crippen LogP contribution in [0, 0.1) is 61.4 Å². The van der Waals surface area contributed by atoms with Crippen LogP contribution >= 0.6 is 0 Å². The fraction of sp³-hybridized carbons (Fsp3) is 0. The van der Waals surface area contributed by atoms with Gasteiger partial charge in [-0.15, -0.1) is 0 Å². The molecular formula is C6Fe2N6Na. The molecule has 0 rings (SSSR count). The summed E-state index contributed by atoms with van der Waals surface area (Å²) in [6, 6.07) is 0. The van der Waals surface area contributed by atoms with Gasteiger partial charge in [0.25, 0.3) is 0 Å². The summed E-state index contributed by atoms with van der Waals surface area (Å²) in [6.07, 6.45) is 0. The van der Waals surface area contributed by atoms with Crippen molar-refractivity contribution in [3.8, 4) is 29.8 Å². The molecule has 9 heteroatoms. The van der Waals surface area contributed by atoms with E-state index in [0.717, 1.165) is 29.8 Å². The van der Waals surface area contributed by atoms with E-state index in [1.54, 1.807) is 0 Å². The normalized spacial score (nSPS) is 11.6. The Morgan fingerprint density at radius 3 is 0.667 bits per heavy atom. The molecule has 0 atom stereocenters. The van der Waals surface area contributed by atoms with Crippen LogP contribution in [0.25, 0.3) is 0 Å². The van der Waals surface area contributed by atoms with Gasteiger partial charge in [-0.1, -0.05) is 0 Å². The summed E-state index contributed by atoms with van der Waals surface area (Å²) in [5.74, 6) is 0. The molecule has 0 aliphatic carbocycles. The molecule has 0 spiro atoms. The second kappa shape index (κ2) is 4.67. The van der Waals surface area contributed by atoms with E-state index < -0.39 is 10.7 Å². The zero-order valence-corrected chi connectivity index (χ0v) is 11.6. The van der Waals surface area contributed by atoms with Gasteiger partial charge < -0.3 is 0 Å². The van der Waals surface area contributed by atoms with Crippen molar-refractivity contribution in [1.82, 2.24) is 0 Å². The molecule has 0 heterocycles. The maximum atomic E-state index is 8.58. The Balaban J connectivity index is -0.000000720. The molecule has 0 aliphatic heterocycles. The maximum Gasteiger partial charge on any atom is 2.00 e. The zero-order chi connectivity index (χ0) is 10.7. The third kappa shape index (κ3) is 1.86. The Morgan fingerprint density at radius 2 is 0.667 bits per heavy atom. The number of rotatable bonds is 0. The third-order valence-electron chi connectivity index (χ3n) is 1.19. The van der Waals surface area contributed by atoms with E-state index in [1.165, 1.54) is 0 Å². The van der Waals surface area contributed by atoms with Crippen molar-refractivity contribution in [2.75, 3.05) is 0 Å². The summed E-state index contributed by atoms with van der Waals surface area (Å²) in [5, 5.41) is 51.5. The van der Waals surface area contributed by atoms with Crippen LogP contribution in [0.4, 0.5) is 0 Å². The minimum absolute atomic E-state index is 0. The largest absolute Gasteiger partial charge is 2.00 e. The smallest absolute Gasteiger partial charge is 1.00 e. The van der Waals surface area contributed by atoms with Crippen molar-refractivity contribution >= 4 is 0 Å². The molecule has 0 unspecified atom stereocenters. The molecule has 71 valence electrons. The summed E-state index contributed by atoms with van der Waals surface area (Å²) in [7, 11) is -6.17. The first kappa shape index (κ1) is 19.5. The van der Waals surface area contributed by atoms with Crippen molar-refractivity contribution in [3.05, 3.63) is 0 Å².